The molecular formula is C13H25BrN2O. The molecular weight excluding hydrogens is 280 g/mol. The zero-order valence-electron chi connectivity index (χ0n) is 11.1. The van der Waals surface area contributed by atoms with Gasteiger partial charge in [-0.1, -0.05) is 36.2 Å². The van der Waals surface area contributed by atoms with E-state index >= 15 is 0 Å². The first kappa shape index (κ1) is 15.0. The molecule has 1 aliphatic heterocycles. The van der Waals surface area contributed by atoms with Crippen LogP contribution in [0.1, 0.15) is 33.1 Å². The summed E-state index contributed by atoms with van der Waals surface area (Å²) >= 11 is 3.48. The maximum Gasteiger partial charge on any atom is 0.225 e. The molecule has 0 aliphatic carbocycles. The van der Waals surface area contributed by atoms with Crippen molar-refractivity contribution in [1.82, 2.24) is 9.80 Å². The monoisotopic (exact) mass is 304 g/mol. The molecule has 1 amide bonds. The summed E-state index contributed by atoms with van der Waals surface area (Å²) in [5.74, 6) is 0.551. The SMILES string of the molecule is CCCC(C)C(=O)N1CCCN(CCBr)CC1. The summed E-state index contributed by atoms with van der Waals surface area (Å²) in [7, 11) is 0. The van der Waals surface area contributed by atoms with Gasteiger partial charge in [0.1, 0.15) is 0 Å². The molecule has 1 saturated heterocycles. The third kappa shape index (κ3) is 4.96. The Bertz CT molecular complexity index is 235. The van der Waals surface area contributed by atoms with Crippen LogP contribution in [0.25, 0.3) is 0 Å². The zero-order valence-corrected chi connectivity index (χ0v) is 12.7. The van der Waals surface area contributed by atoms with Crippen LogP contribution in [-0.4, -0.2) is 53.8 Å². The second-order valence-corrected chi connectivity index (χ2v) is 5.69. The lowest BCUT2D eigenvalue weighted by Gasteiger charge is -2.24. The fourth-order valence-corrected chi connectivity index (χ4v) is 2.90. The topological polar surface area (TPSA) is 23.6 Å². The molecule has 0 radical (unpaired) electrons. The van der Waals surface area contributed by atoms with Gasteiger partial charge in [-0.3, -0.25) is 4.79 Å². The minimum atomic E-state index is 0.197. The molecule has 0 aromatic carbocycles. The van der Waals surface area contributed by atoms with Crippen molar-refractivity contribution in [3.05, 3.63) is 0 Å². The lowest BCUT2D eigenvalue weighted by Crippen LogP contribution is -2.38. The van der Waals surface area contributed by atoms with Crippen molar-refractivity contribution in [3.63, 3.8) is 0 Å². The van der Waals surface area contributed by atoms with Gasteiger partial charge >= 0.3 is 0 Å². The predicted octanol–water partition coefficient (Wildman–Crippen LogP) is 2.35. The molecule has 0 bridgehead atoms. The predicted molar refractivity (Wildman–Crippen MR) is 75.5 cm³/mol. The van der Waals surface area contributed by atoms with Gasteiger partial charge in [0.15, 0.2) is 0 Å². The lowest BCUT2D eigenvalue weighted by atomic mass is 10.0. The Balaban J connectivity index is 2.42. The maximum absolute atomic E-state index is 12.2. The van der Waals surface area contributed by atoms with Gasteiger partial charge in [-0.15, -0.1) is 0 Å². The van der Waals surface area contributed by atoms with E-state index in [1.54, 1.807) is 0 Å². The Kier molecular flexibility index (Phi) is 7.12. The molecule has 1 heterocycles. The van der Waals surface area contributed by atoms with Crippen molar-refractivity contribution in [2.24, 2.45) is 5.92 Å². The number of hydrogen-bond acceptors (Lipinski definition) is 2. The smallest absolute Gasteiger partial charge is 0.225 e. The molecule has 1 unspecified atom stereocenters. The Labute approximate surface area is 114 Å². The third-order valence-electron chi connectivity index (χ3n) is 3.44. The summed E-state index contributed by atoms with van der Waals surface area (Å²) in [6, 6.07) is 0. The Morgan fingerprint density at radius 1 is 1.29 bits per heavy atom. The summed E-state index contributed by atoms with van der Waals surface area (Å²) in [6.45, 7) is 9.28. The highest BCUT2D eigenvalue weighted by Gasteiger charge is 2.22. The Hall–Kier alpha value is -0.0900. The van der Waals surface area contributed by atoms with Gasteiger partial charge in [-0.05, 0) is 19.4 Å². The van der Waals surface area contributed by atoms with E-state index in [1.165, 1.54) is 0 Å². The van der Waals surface area contributed by atoms with Gasteiger partial charge in [-0.25, -0.2) is 0 Å². The molecule has 100 valence electrons. The number of carbonyl (C=O) groups excluding carboxylic acids is 1. The van der Waals surface area contributed by atoms with Gasteiger partial charge in [-0.2, -0.15) is 0 Å². The van der Waals surface area contributed by atoms with Crippen molar-refractivity contribution < 1.29 is 4.79 Å². The van der Waals surface area contributed by atoms with Crippen LogP contribution in [0.2, 0.25) is 0 Å². The van der Waals surface area contributed by atoms with Crippen molar-refractivity contribution in [3.8, 4) is 0 Å². The first-order valence-electron chi connectivity index (χ1n) is 6.76. The van der Waals surface area contributed by atoms with Crippen molar-refractivity contribution in [2.45, 2.75) is 33.1 Å². The molecule has 1 atom stereocenters. The minimum absolute atomic E-state index is 0.197. The first-order chi connectivity index (χ1) is 8.19. The molecule has 4 heteroatoms. The van der Waals surface area contributed by atoms with E-state index in [-0.39, 0.29) is 5.92 Å². The van der Waals surface area contributed by atoms with Crippen molar-refractivity contribution in [1.29, 1.82) is 0 Å². The quantitative estimate of drug-likeness (QED) is 0.728. The fraction of sp³-hybridized carbons (Fsp3) is 0.923. The molecule has 0 saturated carbocycles. The molecule has 0 aromatic heterocycles. The van der Waals surface area contributed by atoms with E-state index in [0.717, 1.165) is 57.3 Å². The number of nitrogens with zero attached hydrogens (tertiary/aromatic N) is 2. The third-order valence-corrected chi connectivity index (χ3v) is 3.80. The highest BCUT2D eigenvalue weighted by molar-refractivity contribution is 9.09. The van der Waals surface area contributed by atoms with Gasteiger partial charge in [0.2, 0.25) is 5.91 Å². The van der Waals surface area contributed by atoms with Crippen LogP contribution in [0.4, 0.5) is 0 Å². The molecule has 0 aromatic rings. The normalized spacial score (nSPS) is 20.1. The minimum Gasteiger partial charge on any atom is -0.341 e. The average Bonchev–Trinajstić information content (AvgIpc) is 2.54. The summed E-state index contributed by atoms with van der Waals surface area (Å²) < 4.78 is 0. The van der Waals surface area contributed by atoms with E-state index in [4.69, 9.17) is 0 Å². The van der Waals surface area contributed by atoms with Crippen LogP contribution in [0.3, 0.4) is 0 Å². The summed E-state index contributed by atoms with van der Waals surface area (Å²) in [4.78, 5) is 16.7. The highest BCUT2D eigenvalue weighted by Crippen LogP contribution is 2.12. The fourth-order valence-electron chi connectivity index (χ4n) is 2.40. The van der Waals surface area contributed by atoms with Crippen LogP contribution in [0, 0.1) is 5.92 Å². The number of carbonyl (C=O) groups is 1. The molecule has 3 nitrogen and oxygen atoms in total. The van der Waals surface area contributed by atoms with Crippen LogP contribution in [-0.2, 0) is 4.79 Å². The lowest BCUT2D eigenvalue weighted by molar-refractivity contribution is -0.135. The van der Waals surface area contributed by atoms with E-state index in [2.05, 4.69) is 39.6 Å². The molecule has 0 N–H and O–H groups in total. The van der Waals surface area contributed by atoms with Crippen LogP contribution in [0.15, 0.2) is 0 Å². The van der Waals surface area contributed by atoms with Crippen molar-refractivity contribution >= 4 is 21.8 Å². The average molecular weight is 305 g/mol. The molecule has 1 aliphatic rings. The molecule has 1 fully saturated rings. The highest BCUT2D eigenvalue weighted by atomic mass is 79.9. The number of halogens is 1. The number of rotatable bonds is 5. The Morgan fingerprint density at radius 2 is 2.06 bits per heavy atom. The molecule has 1 rings (SSSR count). The van der Waals surface area contributed by atoms with Gasteiger partial charge in [0, 0.05) is 37.4 Å². The van der Waals surface area contributed by atoms with Crippen LogP contribution < -0.4 is 0 Å². The number of amides is 1. The van der Waals surface area contributed by atoms with Gasteiger partial charge < -0.3 is 9.80 Å². The van der Waals surface area contributed by atoms with Crippen LogP contribution in [0.5, 0.6) is 0 Å². The number of alkyl halides is 1. The second kappa shape index (κ2) is 8.09. The largest absolute Gasteiger partial charge is 0.341 e. The van der Waals surface area contributed by atoms with E-state index in [1.807, 2.05) is 0 Å². The van der Waals surface area contributed by atoms with Crippen molar-refractivity contribution in [2.75, 3.05) is 38.1 Å². The van der Waals surface area contributed by atoms with Gasteiger partial charge in [0.25, 0.3) is 0 Å². The first-order valence-corrected chi connectivity index (χ1v) is 7.88. The second-order valence-electron chi connectivity index (χ2n) is 4.90. The standard InChI is InChI=1S/C13H25BrN2O/c1-3-5-12(2)13(17)16-8-4-7-15(9-6-14)10-11-16/h12H,3-11H2,1-2H3. The zero-order chi connectivity index (χ0) is 12.7. The van der Waals surface area contributed by atoms with E-state index in [0.29, 0.717) is 5.91 Å². The van der Waals surface area contributed by atoms with E-state index in [9.17, 15) is 4.79 Å². The van der Waals surface area contributed by atoms with Crippen LogP contribution >= 0.6 is 15.9 Å². The molecule has 17 heavy (non-hydrogen) atoms. The molecule has 0 spiro atoms. The maximum atomic E-state index is 12.2. The summed E-state index contributed by atoms with van der Waals surface area (Å²) in [5.41, 5.74) is 0. The summed E-state index contributed by atoms with van der Waals surface area (Å²) in [5, 5.41) is 1.02. The van der Waals surface area contributed by atoms with E-state index < -0.39 is 0 Å². The van der Waals surface area contributed by atoms with Gasteiger partial charge in [0.05, 0.1) is 0 Å². The number of hydrogen-bond donors (Lipinski definition) is 0. The Morgan fingerprint density at radius 3 is 2.71 bits per heavy atom. The summed E-state index contributed by atoms with van der Waals surface area (Å²) in [6.07, 6.45) is 3.22.